The van der Waals surface area contributed by atoms with Crippen molar-refractivity contribution in [2.24, 2.45) is 0 Å². The van der Waals surface area contributed by atoms with E-state index in [1.54, 1.807) is 7.11 Å². The van der Waals surface area contributed by atoms with Gasteiger partial charge in [-0.05, 0) is 36.8 Å². The van der Waals surface area contributed by atoms with E-state index in [4.69, 9.17) is 9.72 Å². The fourth-order valence-corrected chi connectivity index (χ4v) is 3.20. The quantitative estimate of drug-likeness (QED) is 0.629. The van der Waals surface area contributed by atoms with Crippen LogP contribution in [-0.4, -0.2) is 21.5 Å². The Bertz CT molecular complexity index is 1110. The van der Waals surface area contributed by atoms with Crippen molar-refractivity contribution in [3.63, 3.8) is 0 Å². The minimum Gasteiger partial charge on any atom is -0.495 e. The van der Waals surface area contributed by atoms with Crippen LogP contribution in [0, 0.1) is 0 Å². The van der Waals surface area contributed by atoms with Crippen LogP contribution in [0.4, 0.5) is 0 Å². The van der Waals surface area contributed by atoms with Gasteiger partial charge in [0.05, 0.1) is 24.0 Å². The molecule has 0 fully saturated rings. The fourth-order valence-electron chi connectivity index (χ4n) is 3.20. The molecule has 4 rings (SSSR count). The number of rotatable bonds is 3. The van der Waals surface area contributed by atoms with E-state index in [0.717, 1.165) is 34.4 Å². The van der Waals surface area contributed by atoms with E-state index in [-0.39, 0.29) is 5.56 Å². The van der Waals surface area contributed by atoms with E-state index < -0.39 is 0 Å². The summed E-state index contributed by atoms with van der Waals surface area (Å²) in [6.45, 7) is 2.12. The van der Waals surface area contributed by atoms with Gasteiger partial charge in [-0.3, -0.25) is 4.79 Å². The topological polar surface area (TPSA) is 59.4 Å². The third-order valence-corrected chi connectivity index (χ3v) is 4.30. The Balaban J connectivity index is 2.09. The second-order valence-electron chi connectivity index (χ2n) is 5.62. The summed E-state index contributed by atoms with van der Waals surface area (Å²) >= 11 is 0. The predicted octanol–water partition coefficient (Wildman–Crippen LogP) is 3.41. The number of nitrogens with one attached hydrogen (secondary N) is 1. The lowest BCUT2D eigenvalue weighted by Gasteiger charge is -2.10. The molecule has 0 spiro atoms. The molecular weight excluding hydrogens is 302 g/mol. The lowest BCUT2D eigenvalue weighted by atomic mass is 10.0. The zero-order valence-electron chi connectivity index (χ0n) is 13.5. The maximum absolute atomic E-state index is 11.7. The molecule has 0 aliphatic carbocycles. The number of H-pyrrole nitrogens is 1. The molecule has 0 atom stereocenters. The highest BCUT2D eigenvalue weighted by atomic mass is 16.5. The molecule has 120 valence electrons. The number of imidazole rings is 1. The lowest BCUT2D eigenvalue weighted by molar-refractivity contribution is 0.419. The van der Waals surface area contributed by atoms with Crippen molar-refractivity contribution in [1.29, 1.82) is 0 Å². The van der Waals surface area contributed by atoms with Gasteiger partial charge in [0.25, 0.3) is 0 Å². The van der Waals surface area contributed by atoms with Crippen LogP contribution in [0.15, 0.2) is 53.5 Å². The van der Waals surface area contributed by atoms with Gasteiger partial charge >= 0.3 is 0 Å². The van der Waals surface area contributed by atoms with Gasteiger partial charge in [-0.2, -0.15) is 0 Å². The first-order valence-corrected chi connectivity index (χ1v) is 7.89. The minimum atomic E-state index is -0.149. The molecule has 0 aliphatic heterocycles. The summed E-state index contributed by atoms with van der Waals surface area (Å²) in [7, 11) is 1.60. The van der Waals surface area contributed by atoms with Gasteiger partial charge in [0.2, 0.25) is 5.56 Å². The van der Waals surface area contributed by atoms with Gasteiger partial charge in [0.15, 0.2) is 0 Å². The van der Waals surface area contributed by atoms with Crippen LogP contribution in [-0.2, 0) is 6.42 Å². The normalized spacial score (nSPS) is 11.2. The van der Waals surface area contributed by atoms with E-state index in [9.17, 15) is 4.79 Å². The number of methoxy groups -OCH3 is 1. The first kappa shape index (κ1) is 14.5. The molecule has 5 nitrogen and oxygen atoms in total. The van der Waals surface area contributed by atoms with Crippen molar-refractivity contribution < 1.29 is 4.74 Å². The Morgan fingerprint density at radius 3 is 2.83 bits per heavy atom. The van der Waals surface area contributed by atoms with Crippen molar-refractivity contribution in [1.82, 2.24) is 14.4 Å². The number of hydrogen-bond donors (Lipinski definition) is 1. The number of aryl methyl sites for hydroxylation is 1. The summed E-state index contributed by atoms with van der Waals surface area (Å²) in [5.74, 6) is 0.647. The minimum absolute atomic E-state index is 0.149. The van der Waals surface area contributed by atoms with Crippen LogP contribution in [0.3, 0.4) is 0 Å². The predicted molar refractivity (Wildman–Crippen MR) is 94.7 cm³/mol. The van der Waals surface area contributed by atoms with Crippen LogP contribution in [0.1, 0.15) is 12.6 Å². The summed E-state index contributed by atoms with van der Waals surface area (Å²) in [5.41, 5.74) is 4.53. The molecule has 0 bridgehead atoms. The number of pyridine rings is 2. The van der Waals surface area contributed by atoms with E-state index in [1.807, 2.05) is 42.6 Å². The third-order valence-electron chi connectivity index (χ3n) is 4.30. The van der Waals surface area contributed by atoms with Gasteiger partial charge in [-0.15, -0.1) is 0 Å². The van der Waals surface area contributed by atoms with Crippen LogP contribution < -0.4 is 10.3 Å². The highest BCUT2D eigenvalue weighted by molar-refractivity contribution is 5.97. The highest BCUT2D eigenvalue weighted by Gasteiger charge is 2.16. The van der Waals surface area contributed by atoms with E-state index in [2.05, 4.69) is 16.3 Å². The maximum Gasteiger partial charge on any atom is 0.248 e. The molecule has 3 aromatic heterocycles. The number of benzene rings is 1. The second kappa shape index (κ2) is 5.53. The Morgan fingerprint density at radius 2 is 2.04 bits per heavy atom. The summed E-state index contributed by atoms with van der Waals surface area (Å²) < 4.78 is 7.50. The maximum atomic E-state index is 11.7. The Morgan fingerprint density at radius 1 is 1.17 bits per heavy atom. The third kappa shape index (κ3) is 2.09. The number of aromatic nitrogens is 3. The molecule has 4 aromatic rings. The highest BCUT2D eigenvalue weighted by Crippen LogP contribution is 2.34. The molecule has 0 amide bonds. The monoisotopic (exact) mass is 319 g/mol. The molecule has 24 heavy (non-hydrogen) atoms. The summed E-state index contributed by atoms with van der Waals surface area (Å²) in [4.78, 5) is 19.4. The van der Waals surface area contributed by atoms with Crippen molar-refractivity contribution in [2.75, 3.05) is 7.11 Å². The molecule has 0 unspecified atom stereocenters. The number of aromatic amines is 1. The molecule has 0 saturated carbocycles. The van der Waals surface area contributed by atoms with Crippen LogP contribution in [0.25, 0.3) is 27.8 Å². The second-order valence-corrected chi connectivity index (χ2v) is 5.62. The Labute approximate surface area is 138 Å². The standard InChI is InChI=1S/C19H17N3O2/c1-3-14-18(20-16-6-4-5-11-22(14)16)12-7-9-15(24-2)19-13(12)8-10-17(23)21-19/h4-11H,3H2,1-2H3,(H,21,23). The molecule has 3 heterocycles. The number of hydrogen-bond acceptors (Lipinski definition) is 3. The fraction of sp³-hybridized carbons (Fsp3) is 0.158. The van der Waals surface area contributed by atoms with Crippen LogP contribution in [0.2, 0.25) is 0 Å². The van der Waals surface area contributed by atoms with E-state index in [0.29, 0.717) is 11.3 Å². The molecular formula is C19H17N3O2. The number of nitrogens with zero attached hydrogens (tertiary/aromatic N) is 2. The Kier molecular flexibility index (Phi) is 3.34. The molecule has 0 aliphatic rings. The van der Waals surface area contributed by atoms with Crippen LogP contribution >= 0.6 is 0 Å². The summed E-state index contributed by atoms with van der Waals surface area (Å²) in [6, 6.07) is 13.2. The van der Waals surface area contributed by atoms with Crippen molar-refractivity contribution in [3.05, 3.63) is 64.7 Å². The van der Waals surface area contributed by atoms with Gasteiger partial charge in [0, 0.05) is 23.2 Å². The van der Waals surface area contributed by atoms with Gasteiger partial charge in [0.1, 0.15) is 11.4 Å². The van der Waals surface area contributed by atoms with Crippen molar-refractivity contribution in [2.45, 2.75) is 13.3 Å². The molecule has 0 saturated heterocycles. The first-order chi connectivity index (χ1) is 11.7. The number of fused-ring (bicyclic) bond motifs is 2. The zero-order valence-corrected chi connectivity index (χ0v) is 13.5. The Hall–Kier alpha value is -3.08. The van der Waals surface area contributed by atoms with Gasteiger partial charge in [-0.1, -0.05) is 13.0 Å². The average Bonchev–Trinajstić information content (AvgIpc) is 2.98. The van der Waals surface area contributed by atoms with E-state index >= 15 is 0 Å². The number of ether oxygens (including phenoxy) is 1. The average molecular weight is 319 g/mol. The van der Waals surface area contributed by atoms with E-state index in [1.165, 1.54) is 6.07 Å². The SMILES string of the molecule is CCc1c(-c2ccc(OC)c3[nH]c(=O)ccc23)nc2ccccn12. The first-order valence-electron chi connectivity index (χ1n) is 7.89. The summed E-state index contributed by atoms with van der Waals surface area (Å²) in [6.07, 6.45) is 2.88. The molecule has 5 heteroatoms. The van der Waals surface area contributed by atoms with Crippen molar-refractivity contribution in [3.8, 4) is 17.0 Å². The molecule has 1 N–H and O–H groups in total. The van der Waals surface area contributed by atoms with Crippen LogP contribution in [0.5, 0.6) is 5.75 Å². The largest absolute Gasteiger partial charge is 0.495 e. The molecule has 0 radical (unpaired) electrons. The van der Waals surface area contributed by atoms with Gasteiger partial charge < -0.3 is 14.1 Å². The molecule has 1 aromatic carbocycles. The van der Waals surface area contributed by atoms with Crippen molar-refractivity contribution >= 4 is 16.6 Å². The zero-order chi connectivity index (χ0) is 16.7. The lowest BCUT2D eigenvalue weighted by Crippen LogP contribution is -2.04. The summed E-state index contributed by atoms with van der Waals surface area (Å²) in [5, 5.41) is 0.923. The van der Waals surface area contributed by atoms with Gasteiger partial charge in [-0.25, -0.2) is 4.98 Å². The smallest absolute Gasteiger partial charge is 0.248 e.